The number of fused-ring (bicyclic) bond motifs is 1. The molecule has 1 aromatic heterocycles. The second-order valence-electron chi connectivity index (χ2n) is 10.4. The number of benzene rings is 3. The van der Waals surface area contributed by atoms with Crippen LogP contribution in [0, 0.1) is 19.8 Å². The van der Waals surface area contributed by atoms with Gasteiger partial charge in [0.05, 0.1) is 17.0 Å². The number of aliphatic hydroxyl groups excluding tert-OH is 1. The van der Waals surface area contributed by atoms with Crippen LogP contribution in [0.25, 0.3) is 11.1 Å². The Kier molecular flexibility index (Phi) is 8.92. The van der Waals surface area contributed by atoms with Crippen LogP contribution in [-0.4, -0.2) is 54.0 Å². The Balaban J connectivity index is 1.64. The molecule has 0 fully saturated rings. The lowest BCUT2D eigenvalue weighted by atomic mass is 9.99. The third kappa shape index (κ3) is 6.70. The molecular weight excluding hydrogens is 528 g/mol. The van der Waals surface area contributed by atoms with Gasteiger partial charge < -0.3 is 20.6 Å². The van der Waals surface area contributed by atoms with Crippen molar-refractivity contribution in [2.24, 2.45) is 5.92 Å². The molecule has 9 nitrogen and oxygen atoms in total. The van der Waals surface area contributed by atoms with E-state index < -0.39 is 28.1 Å². The Morgan fingerprint density at radius 3 is 2.48 bits per heavy atom. The number of carbonyl (C=O) groups excluding carboxylic acids is 1. The molecule has 4 rings (SSSR count). The molecule has 0 aliphatic heterocycles. The molecule has 0 unspecified atom stereocenters. The summed E-state index contributed by atoms with van der Waals surface area (Å²) in [6, 6.07) is 18.3. The van der Waals surface area contributed by atoms with Crippen LogP contribution in [0.15, 0.2) is 76.0 Å². The number of anilines is 1. The average molecular weight is 565 g/mol. The Hall–Kier alpha value is -3.73. The van der Waals surface area contributed by atoms with Crippen LogP contribution in [0.2, 0.25) is 0 Å². The minimum absolute atomic E-state index is 0.0182. The lowest BCUT2D eigenvalue weighted by Crippen LogP contribution is -2.51. The van der Waals surface area contributed by atoms with E-state index in [1.165, 1.54) is 16.4 Å². The molecule has 0 aliphatic rings. The Morgan fingerprint density at radius 2 is 1.77 bits per heavy atom. The zero-order chi connectivity index (χ0) is 29.0. The van der Waals surface area contributed by atoms with Gasteiger partial charge in [-0.3, -0.25) is 4.79 Å². The van der Waals surface area contributed by atoms with Crippen molar-refractivity contribution in [1.29, 1.82) is 0 Å². The fourth-order valence-corrected chi connectivity index (χ4v) is 6.28. The number of aliphatic hydroxyl groups is 1. The van der Waals surface area contributed by atoms with Crippen molar-refractivity contribution in [1.82, 2.24) is 14.6 Å². The zero-order valence-electron chi connectivity index (χ0n) is 23.2. The summed E-state index contributed by atoms with van der Waals surface area (Å²) in [6.07, 6.45) is -0.913. The first-order valence-corrected chi connectivity index (χ1v) is 14.6. The van der Waals surface area contributed by atoms with Crippen LogP contribution in [0.1, 0.15) is 41.2 Å². The molecule has 0 saturated heterocycles. The molecule has 0 aliphatic carbocycles. The van der Waals surface area contributed by atoms with Crippen molar-refractivity contribution in [3.8, 4) is 0 Å². The molecule has 3 aromatic carbocycles. The highest BCUT2D eigenvalue weighted by atomic mass is 32.2. The highest BCUT2D eigenvalue weighted by Crippen LogP contribution is 2.24. The average Bonchev–Trinajstić information content (AvgIpc) is 3.29. The SMILES string of the molecule is Cc1nc2ccc(S(=O)(=O)N(CC(C)C)C[C@@H](O)[C@H](Cc3ccccc3)NC(=O)c3cccc(N)c3C)cc2o1. The summed E-state index contributed by atoms with van der Waals surface area (Å²) in [4.78, 5) is 17.6. The summed E-state index contributed by atoms with van der Waals surface area (Å²) >= 11 is 0. The van der Waals surface area contributed by atoms with E-state index in [0.717, 1.165) is 5.56 Å². The second-order valence-corrected chi connectivity index (χ2v) is 12.4. The molecule has 4 aromatic rings. The summed E-state index contributed by atoms with van der Waals surface area (Å²) in [6.45, 7) is 7.22. The van der Waals surface area contributed by atoms with Crippen LogP contribution < -0.4 is 11.1 Å². The van der Waals surface area contributed by atoms with Gasteiger partial charge in [-0.15, -0.1) is 0 Å². The van der Waals surface area contributed by atoms with Crippen molar-refractivity contribution in [3.05, 3.63) is 89.3 Å². The van der Waals surface area contributed by atoms with Gasteiger partial charge >= 0.3 is 0 Å². The molecule has 4 N–H and O–H groups in total. The van der Waals surface area contributed by atoms with Gasteiger partial charge in [-0.25, -0.2) is 13.4 Å². The summed E-state index contributed by atoms with van der Waals surface area (Å²) in [5.41, 5.74) is 9.35. The lowest BCUT2D eigenvalue weighted by Gasteiger charge is -2.31. The number of oxazole rings is 1. The molecule has 0 radical (unpaired) electrons. The fraction of sp³-hybridized carbons (Fsp3) is 0.333. The topological polar surface area (TPSA) is 139 Å². The number of rotatable bonds is 11. The maximum atomic E-state index is 13.8. The molecule has 10 heteroatoms. The van der Waals surface area contributed by atoms with Gasteiger partial charge in [0.2, 0.25) is 10.0 Å². The molecule has 0 spiro atoms. The van der Waals surface area contributed by atoms with Crippen LogP contribution >= 0.6 is 0 Å². The number of nitrogens with zero attached hydrogens (tertiary/aromatic N) is 2. The molecule has 0 saturated carbocycles. The largest absolute Gasteiger partial charge is 0.441 e. The van der Waals surface area contributed by atoms with E-state index in [4.69, 9.17) is 10.2 Å². The molecule has 1 amide bonds. The number of hydrogen-bond acceptors (Lipinski definition) is 7. The smallest absolute Gasteiger partial charge is 0.251 e. The van der Waals surface area contributed by atoms with Gasteiger partial charge in [0.25, 0.3) is 5.91 Å². The van der Waals surface area contributed by atoms with Gasteiger partial charge in [0.1, 0.15) is 5.52 Å². The quantitative estimate of drug-likeness (QED) is 0.233. The highest BCUT2D eigenvalue weighted by Gasteiger charge is 2.32. The predicted octanol–water partition coefficient (Wildman–Crippen LogP) is 4.08. The monoisotopic (exact) mass is 564 g/mol. The van der Waals surface area contributed by atoms with Gasteiger partial charge in [-0.1, -0.05) is 50.2 Å². The molecule has 40 heavy (non-hydrogen) atoms. The first kappa shape index (κ1) is 29.3. The Labute approximate surface area is 235 Å². The molecule has 2 atom stereocenters. The van der Waals surface area contributed by atoms with E-state index in [0.29, 0.717) is 40.2 Å². The summed E-state index contributed by atoms with van der Waals surface area (Å²) < 4.78 is 34.4. The second kappa shape index (κ2) is 12.2. The zero-order valence-corrected chi connectivity index (χ0v) is 24.0. The van der Waals surface area contributed by atoms with Gasteiger partial charge in [0, 0.05) is 37.3 Å². The van der Waals surface area contributed by atoms with E-state index in [1.807, 2.05) is 44.2 Å². The summed E-state index contributed by atoms with van der Waals surface area (Å²) in [5, 5.41) is 14.4. The molecular formula is C30H36N4O5S. The van der Waals surface area contributed by atoms with E-state index in [-0.39, 0.29) is 23.9 Å². The minimum atomic E-state index is -4.02. The van der Waals surface area contributed by atoms with Crippen molar-refractivity contribution in [3.63, 3.8) is 0 Å². The van der Waals surface area contributed by atoms with E-state index in [1.54, 1.807) is 38.1 Å². The van der Waals surface area contributed by atoms with Crippen LogP contribution in [0.3, 0.4) is 0 Å². The first-order valence-electron chi connectivity index (χ1n) is 13.2. The van der Waals surface area contributed by atoms with E-state index in [2.05, 4.69) is 10.3 Å². The maximum Gasteiger partial charge on any atom is 0.251 e. The molecule has 0 bridgehead atoms. The molecule has 212 valence electrons. The predicted molar refractivity (Wildman–Crippen MR) is 155 cm³/mol. The maximum absolute atomic E-state index is 13.8. The number of nitrogen functional groups attached to an aromatic ring is 1. The van der Waals surface area contributed by atoms with Crippen LogP contribution in [0.5, 0.6) is 0 Å². The van der Waals surface area contributed by atoms with E-state index >= 15 is 0 Å². The number of nitrogens with two attached hydrogens (primary N) is 1. The number of carbonyl (C=O) groups is 1. The van der Waals surface area contributed by atoms with Crippen molar-refractivity contribution >= 4 is 32.7 Å². The van der Waals surface area contributed by atoms with Crippen molar-refractivity contribution in [2.75, 3.05) is 18.8 Å². The van der Waals surface area contributed by atoms with Gasteiger partial charge in [-0.05, 0) is 54.7 Å². The fourth-order valence-electron chi connectivity index (χ4n) is 4.64. The number of sulfonamides is 1. The number of nitrogens with one attached hydrogen (secondary N) is 1. The third-order valence-electron chi connectivity index (χ3n) is 6.76. The van der Waals surface area contributed by atoms with Crippen LogP contribution in [-0.2, 0) is 16.4 Å². The molecule has 1 heterocycles. The standard InChI is InChI=1S/C30H36N4O5S/c1-19(2)17-34(40(37,38)23-13-14-26-29(16-23)39-21(4)32-26)18-28(35)27(15-22-9-6-5-7-10-22)33-30(36)24-11-8-12-25(31)20(24)3/h5-14,16,19,27-28,35H,15,17-18,31H2,1-4H3,(H,33,36)/t27-,28+/m0/s1. The van der Waals surface area contributed by atoms with Gasteiger partial charge in [-0.2, -0.15) is 4.31 Å². The first-order chi connectivity index (χ1) is 19.0. The van der Waals surface area contributed by atoms with Crippen molar-refractivity contribution in [2.45, 2.75) is 51.2 Å². The Morgan fingerprint density at radius 1 is 1.05 bits per heavy atom. The lowest BCUT2D eigenvalue weighted by molar-refractivity contribution is 0.0775. The number of aryl methyl sites for hydroxylation is 1. The van der Waals surface area contributed by atoms with Gasteiger partial charge in [0.15, 0.2) is 11.5 Å². The number of hydrogen-bond donors (Lipinski definition) is 3. The van der Waals surface area contributed by atoms with Crippen molar-refractivity contribution < 1.29 is 22.7 Å². The Bertz CT molecular complexity index is 1580. The number of amides is 1. The summed E-state index contributed by atoms with van der Waals surface area (Å²) in [5.74, 6) is 0.0263. The normalized spacial score (nSPS) is 13.6. The number of aromatic nitrogens is 1. The highest BCUT2D eigenvalue weighted by molar-refractivity contribution is 7.89. The van der Waals surface area contributed by atoms with E-state index in [9.17, 15) is 18.3 Å². The van der Waals surface area contributed by atoms with Crippen LogP contribution in [0.4, 0.5) is 5.69 Å². The summed E-state index contributed by atoms with van der Waals surface area (Å²) in [7, 11) is -4.02. The minimum Gasteiger partial charge on any atom is -0.441 e. The third-order valence-corrected chi connectivity index (χ3v) is 8.59.